The largest absolute Gasteiger partial charge is 0.448 e. The van der Waals surface area contributed by atoms with Crippen molar-refractivity contribution in [3.05, 3.63) is 18.4 Å². The van der Waals surface area contributed by atoms with Crippen LogP contribution < -0.4 is 0 Å². The lowest BCUT2D eigenvalue weighted by atomic mass is 10.1. The molecule has 82 valence electrons. The van der Waals surface area contributed by atoms with Crippen LogP contribution in [-0.2, 0) is 11.2 Å². The number of likely N-dealkylation sites (tertiary alicyclic amines) is 1. The fraction of sp³-hybridized carbons (Fsp3) is 0.600. The second-order valence-corrected chi connectivity index (χ2v) is 4.18. The molecule has 2 rings (SSSR count). The molecule has 5 heteroatoms. The maximum Gasteiger partial charge on any atom is 0.222 e. The van der Waals surface area contributed by atoms with Crippen molar-refractivity contribution in [2.24, 2.45) is 5.92 Å². The highest BCUT2D eigenvalue weighted by Gasteiger charge is 2.28. The summed E-state index contributed by atoms with van der Waals surface area (Å²) >= 11 is 4.22. The molecule has 1 aromatic rings. The average molecular weight is 226 g/mol. The molecule has 1 atom stereocenters. The van der Waals surface area contributed by atoms with E-state index in [-0.39, 0.29) is 5.91 Å². The smallest absolute Gasteiger partial charge is 0.222 e. The van der Waals surface area contributed by atoms with E-state index in [0.29, 0.717) is 12.3 Å². The first-order chi connectivity index (χ1) is 7.29. The van der Waals surface area contributed by atoms with Gasteiger partial charge in [-0.25, -0.2) is 4.98 Å². The minimum Gasteiger partial charge on any atom is -0.448 e. The zero-order chi connectivity index (χ0) is 10.7. The van der Waals surface area contributed by atoms with Gasteiger partial charge in [0, 0.05) is 25.9 Å². The molecule has 0 N–H and O–H groups in total. The van der Waals surface area contributed by atoms with Crippen molar-refractivity contribution in [2.75, 3.05) is 18.8 Å². The summed E-state index contributed by atoms with van der Waals surface area (Å²) in [6.07, 6.45) is 4.49. The number of oxazole rings is 1. The maximum atomic E-state index is 11.5. The number of carbonyl (C=O) groups excluding carboxylic acids is 1. The monoisotopic (exact) mass is 226 g/mol. The summed E-state index contributed by atoms with van der Waals surface area (Å²) in [6.45, 7) is 1.55. The Morgan fingerprint density at radius 1 is 1.67 bits per heavy atom. The number of carbonyl (C=O) groups is 1. The van der Waals surface area contributed by atoms with Crippen molar-refractivity contribution < 1.29 is 9.21 Å². The number of nitrogens with zero attached hydrogens (tertiary/aromatic N) is 2. The fourth-order valence-electron chi connectivity index (χ4n) is 1.80. The van der Waals surface area contributed by atoms with Crippen molar-refractivity contribution >= 4 is 18.5 Å². The molecule has 0 aliphatic carbocycles. The lowest BCUT2D eigenvalue weighted by molar-refractivity contribution is -0.127. The zero-order valence-electron chi connectivity index (χ0n) is 8.43. The highest BCUT2D eigenvalue weighted by atomic mass is 32.1. The number of rotatable bonds is 4. The van der Waals surface area contributed by atoms with E-state index in [0.717, 1.165) is 31.0 Å². The molecule has 0 spiro atoms. The van der Waals surface area contributed by atoms with Crippen LogP contribution in [0.25, 0.3) is 0 Å². The van der Waals surface area contributed by atoms with Gasteiger partial charge in [-0.3, -0.25) is 4.79 Å². The van der Waals surface area contributed by atoms with Crippen LogP contribution in [0.4, 0.5) is 0 Å². The summed E-state index contributed by atoms with van der Waals surface area (Å²) in [5.41, 5.74) is 0. The number of thiol groups is 1. The molecule has 1 aromatic heterocycles. The zero-order valence-corrected chi connectivity index (χ0v) is 9.32. The van der Waals surface area contributed by atoms with Crippen molar-refractivity contribution in [2.45, 2.75) is 12.8 Å². The van der Waals surface area contributed by atoms with E-state index in [4.69, 9.17) is 4.42 Å². The number of hydrogen-bond acceptors (Lipinski definition) is 4. The standard InChI is InChI=1S/C10H14N2O2S/c13-10-3-8(6-15)5-12(10)2-1-9-4-11-7-14-9/h4,7-8,15H,1-3,5-6H2. The predicted octanol–water partition coefficient (Wildman–Crippen LogP) is 0.995. The summed E-state index contributed by atoms with van der Waals surface area (Å²) in [5.74, 6) is 2.26. The quantitative estimate of drug-likeness (QED) is 0.779. The summed E-state index contributed by atoms with van der Waals surface area (Å²) in [7, 11) is 0. The van der Waals surface area contributed by atoms with Crippen LogP contribution in [0.2, 0.25) is 0 Å². The molecule has 1 unspecified atom stereocenters. The van der Waals surface area contributed by atoms with Gasteiger partial charge in [-0.05, 0) is 11.7 Å². The third-order valence-electron chi connectivity index (χ3n) is 2.66. The lowest BCUT2D eigenvalue weighted by Crippen LogP contribution is -2.27. The highest BCUT2D eigenvalue weighted by Crippen LogP contribution is 2.18. The first-order valence-corrected chi connectivity index (χ1v) is 5.69. The van der Waals surface area contributed by atoms with E-state index in [1.54, 1.807) is 6.20 Å². The van der Waals surface area contributed by atoms with E-state index in [9.17, 15) is 4.79 Å². The molecule has 0 radical (unpaired) electrons. The summed E-state index contributed by atoms with van der Waals surface area (Å²) in [5, 5.41) is 0. The summed E-state index contributed by atoms with van der Waals surface area (Å²) in [4.78, 5) is 17.3. The predicted molar refractivity (Wildman–Crippen MR) is 58.7 cm³/mol. The second-order valence-electron chi connectivity index (χ2n) is 3.81. The molecular weight excluding hydrogens is 212 g/mol. The molecule has 1 aliphatic rings. The fourth-order valence-corrected chi connectivity index (χ4v) is 2.05. The molecule has 1 saturated heterocycles. The third kappa shape index (κ3) is 2.53. The van der Waals surface area contributed by atoms with Gasteiger partial charge in [0.25, 0.3) is 0 Å². The molecule has 0 bridgehead atoms. The Labute approximate surface area is 94.1 Å². The van der Waals surface area contributed by atoms with Crippen LogP contribution in [-0.4, -0.2) is 34.6 Å². The van der Waals surface area contributed by atoms with E-state index >= 15 is 0 Å². The van der Waals surface area contributed by atoms with Crippen molar-refractivity contribution in [3.8, 4) is 0 Å². The van der Waals surface area contributed by atoms with Crippen molar-refractivity contribution in [1.29, 1.82) is 0 Å². The normalized spacial score (nSPS) is 21.3. The Kier molecular flexibility index (Phi) is 3.30. The number of aromatic nitrogens is 1. The topological polar surface area (TPSA) is 46.3 Å². The molecule has 2 heterocycles. The Morgan fingerprint density at radius 3 is 3.13 bits per heavy atom. The van der Waals surface area contributed by atoms with Gasteiger partial charge in [0.05, 0.1) is 6.20 Å². The Morgan fingerprint density at radius 2 is 2.53 bits per heavy atom. The molecule has 1 aliphatic heterocycles. The van der Waals surface area contributed by atoms with E-state index in [2.05, 4.69) is 17.6 Å². The van der Waals surface area contributed by atoms with Crippen LogP contribution in [0, 0.1) is 5.92 Å². The first-order valence-electron chi connectivity index (χ1n) is 5.05. The Hall–Kier alpha value is -0.970. The number of amides is 1. The maximum absolute atomic E-state index is 11.5. The molecular formula is C10H14N2O2S. The van der Waals surface area contributed by atoms with Crippen molar-refractivity contribution in [1.82, 2.24) is 9.88 Å². The van der Waals surface area contributed by atoms with Gasteiger partial charge >= 0.3 is 0 Å². The van der Waals surface area contributed by atoms with E-state index in [1.807, 2.05) is 4.90 Å². The van der Waals surface area contributed by atoms with Gasteiger partial charge in [-0.2, -0.15) is 12.6 Å². The van der Waals surface area contributed by atoms with Gasteiger partial charge in [-0.1, -0.05) is 0 Å². The van der Waals surface area contributed by atoms with Crippen LogP contribution in [0.1, 0.15) is 12.2 Å². The first kappa shape index (κ1) is 10.5. The van der Waals surface area contributed by atoms with E-state index < -0.39 is 0 Å². The molecule has 4 nitrogen and oxygen atoms in total. The van der Waals surface area contributed by atoms with Crippen molar-refractivity contribution in [3.63, 3.8) is 0 Å². The summed E-state index contributed by atoms with van der Waals surface area (Å²) in [6, 6.07) is 0. The van der Waals surface area contributed by atoms with E-state index in [1.165, 1.54) is 6.39 Å². The van der Waals surface area contributed by atoms with Gasteiger partial charge in [0.2, 0.25) is 5.91 Å². The second kappa shape index (κ2) is 4.70. The van der Waals surface area contributed by atoms with Gasteiger partial charge in [0.1, 0.15) is 5.76 Å². The molecule has 1 amide bonds. The Bertz CT molecular complexity index is 326. The van der Waals surface area contributed by atoms with Gasteiger partial charge < -0.3 is 9.32 Å². The minimum atomic E-state index is 0.230. The van der Waals surface area contributed by atoms with Gasteiger partial charge in [-0.15, -0.1) is 0 Å². The molecule has 1 fully saturated rings. The molecule has 15 heavy (non-hydrogen) atoms. The third-order valence-corrected chi connectivity index (χ3v) is 3.18. The Balaban J connectivity index is 1.83. The number of hydrogen-bond donors (Lipinski definition) is 1. The van der Waals surface area contributed by atoms with Gasteiger partial charge in [0.15, 0.2) is 6.39 Å². The van der Waals surface area contributed by atoms with Crippen LogP contribution in [0.5, 0.6) is 0 Å². The van der Waals surface area contributed by atoms with Crippen LogP contribution in [0.15, 0.2) is 17.0 Å². The lowest BCUT2D eigenvalue weighted by Gasteiger charge is -2.14. The molecule has 0 saturated carbocycles. The molecule has 0 aromatic carbocycles. The van der Waals surface area contributed by atoms with Crippen LogP contribution in [0.3, 0.4) is 0 Å². The average Bonchev–Trinajstić information content (AvgIpc) is 2.84. The summed E-state index contributed by atoms with van der Waals surface area (Å²) < 4.78 is 5.12. The minimum absolute atomic E-state index is 0.230. The SMILES string of the molecule is O=C1CC(CS)CN1CCc1cnco1. The van der Waals surface area contributed by atoms with Crippen LogP contribution >= 0.6 is 12.6 Å². The highest BCUT2D eigenvalue weighted by molar-refractivity contribution is 7.80.